The third-order valence-corrected chi connectivity index (χ3v) is 5.78. The first-order valence-electron chi connectivity index (χ1n) is 7.85. The maximum atomic E-state index is 13.1. The van der Waals surface area contributed by atoms with Gasteiger partial charge >= 0.3 is 10.2 Å². The van der Waals surface area contributed by atoms with E-state index < -0.39 is 16.3 Å². The minimum atomic E-state index is -3.72. The molecule has 2 aromatic rings. The molecule has 3 rings (SSSR count). The molecule has 0 aliphatic carbocycles. The smallest absolute Gasteiger partial charge is 0.330 e. The maximum Gasteiger partial charge on any atom is 0.330 e. The van der Waals surface area contributed by atoms with Gasteiger partial charge < -0.3 is 10.4 Å². The van der Waals surface area contributed by atoms with Crippen molar-refractivity contribution < 1.29 is 13.5 Å². The quantitative estimate of drug-likeness (QED) is 0.802. The van der Waals surface area contributed by atoms with E-state index in [1.54, 1.807) is 31.3 Å². The van der Waals surface area contributed by atoms with Gasteiger partial charge in [-0.25, -0.2) is 4.31 Å². The Kier molecular flexibility index (Phi) is 6.29. The molecule has 1 heterocycles. The van der Waals surface area contributed by atoms with E-state index in [4.69, 9.17) is 0 Å². The van der Waals surface area contributed by atoms with Gasteiger partial charge in [-0.05, 0) is 37.7 Å². The van der Waals surface area contributed by atoms with Gasteiger partial charge in [0.25, 0.3) is 0 Å². The molecule has 1 aliphatic heterocycles. The summed E-state index contributed by atoms with van der Waals surface area (Å²) in [7, 11) is -1.96. The number of aliphatic hydroxyl groups is 1. The molecule has 2 N–H and O–H groups in total. The van der Waals surface area contributed by atoms with Crippen LogP contribution >= 0.6 is 12.4 Å². The van der Waals surface area contributed by atoms with Crippen molar-refractivity contribution in [2.45, 2.75) is 12.5 Å². The molecule has 0 aromatic heterocycles. The second kappa shape index (κ2) is 8.05. The summed E-state index contributed by atoms with van der Waals surface area (Å²) >= 11 is 0. The summed E-state index contributed by atoms with van der Waals surface area (Å²) < 4.78 is 28.9. The number of para-hydroxylation sites is 3. The molecule has 0 bridgehead atoms. The fourth-order valence-electron chi connectivity index (χ4n) is 2.87. The van der Waals surface area contributed by atoms with E-state index in [1.807, 2.05) is 30.3 Å². The number of fused-ring (bicyclic) bond motifs is 1. The Balaban J connectivity index is 0.00000225. The van der Waals surface area contributed by atoms with Crippen LogP contribution in [0.2, 0.25) is 0 Å². The highest BCUT2D eigenvalue weighted by molar-refractivity contribution is 7.95. The zero-order chi connectivity index (χ0) is 17.2. The average Bonchev–Trinajstić information content (AvgIpc) is 2.80. The van der Waals surface area contributed by atoms with Crippen molar-refractivity contribution in [1.82, 2.24) is 5.32 Å². The number of likely N-dealkylation sites (N-methyl/N-ethyl adjacent to an activating group) is 1. The molecule has 0 amide bonds. The van der Waals surface area contributed by atoms with Crippen molar-refractivity contribution in [2.24, 2.45) is 0 Å². The van der Waals surface area contributed by atoms with Gasteiger partial charge in [-0.1, -0.05) is 30.3 Å². The Morgan fingerprint density at radius 3 is 2.28 bits per heavy atom. The normalized spacial score (nSPS) is 16.2. The fraction of sp³-hybridized carbons (Fsp3) is 0.294. The maximum absolute atomic E-state index is 13.1. The van der Waals surface area contributed by atoms with Crippen molar-refractivity contribution >= 4 is 39.7 Å². The molecule has 0 fully saturated rings. The molecule has 1 unspecified atom stereocenters. The van der Waals surface area contributed by atoms with E-state index in [-0.39, 0.29) is 19.0 Å². The highest BCUT2D eigenvalue weighted by atomic mass is 35.5. The lowest BCUT2D eigenvalue weighted by Crippen LogP contribution is -2.38. The minimum Gasteiger partial charge on any atom is -0.392 e. The molecule has 0 radical (unpaired) electrons. The average molecular weight is 384 g/mol. The van der Waals surface area contributed by atoms with Crippen LogP contribution in [-0.4, -0.2) is 39.8 Å². The largest absolute Gasteiger partial charge is 0.392 e. The van der Waals surface area contributed by atoms with Crippen LogP contribution in [0.3, 0.4) is 0 Å². The second-order valence-corrected chi connectivity index (χ2v) is 7.37. The third kappa shape index (κ3) is 3.74. The van der Waals surface area contributed by atoms with Gasteiger partial charge in [0, 0.05) is 13.1 Å². The molecular weight excluding hydrogens is 362 g/mol. The summed E-state index contributed by atoms with van der Waals surface area (Å²) in [4.78, 5) is 0. The molecule has 2 aromatic carbocycles. The van der Waals surface area contributed by atoms with Crippen LogP contribution in [0, 0.1) is 0 Å². The minimum absolute atomic E-state index is 0. The lowest BCUT2D eigenvalue weighted by Gasteiger charge is -2.22. The van der Waals surface area contributed by atoms with Crippen LogP contribution in [0.5, 0.6) is 0 Å². The monoisotopic (exact) mass is 383 g/mol. The second-order valence-electron chi connectivity index (χ2n) is 5.67. The standard InChI is InChI=1S/C17H21N3O3S.ClH/c1-18-13-15(21)11-12-19-16-9-5-6-10-17(16)20(24(19,22)23)14-7-3-2-4-8-14;/h2-10,15,18,21H,11-13H2,1H3;1H. The summed E-state index contributed by atoms with van der Waals surface area (Å²) in [6.07, 6.45) is -0.236. The molecule has 136 valence electrons. The number of benzene rings is 2. The molecule has 8 heteroatoms. The predicted molar refractivity (Wildman–Crippen MR) is 103 cm³/mol. The Morgan fingerprint density at radius 2 is 1.64 bits per heavy atom. The number of halogens is 1. The number of hydrogen-bond donors (Lipinski definition) is 2. The first-order chi connectivity index (χ1) is 11.6. The first-order valence-corrected chi connectivity index (χ1v) is 9.25. The van der Waals surface area contributed by atoms with Gasteiger partial charge in [-0.2, -0.15) is 8.42 Å². The van der Waals surface area contributed by atoms with E-state index in [1.165, 1.54) is 8.61 Å². The number of nitrogens with one attached hydrogen (secondary N) is 1. The molecule has 0 spiro atoms. The van der Waals surface area contributed by atoms with E-state index in [0.717, 1.165) is 0 Å². The summed E-state index contributed by atoms with van der Waals surface area (Å²) in [5, 5.41) is 12.8. The van der Waals surface area contributed by atoms with Crippen molar-refractivity contribution in [3.05, 3.63) is 54.6 Å². The molecule has 25 heavy (non-hydrogen) atoms. The molecule has 1 aliphatic rings. The number of nitrogens with zero attached hydrogens (tertiary/aromatic N) is 2. The van der Waals surface area contributed by atoms with Crippen LogP contribution < -0.4 is 13.9 Å². The van der Waals surface area contributed by atoms with Gasteiger partial charge in [-0.3, -0.25) is 4.31 Å². The Morgan fingerprint density at radius 1 is 1.04 bits per heavy atom. The number of hydrogen-bond acceptors (Lipinski definition) is 4. The van der Waals surface area contributed by atoms with Gasteiger partial charge in [-0.15, -0.1) is 12.4 Å². The lowest BCUT2D eigenvalue weighted by atomic mass is 10.2. The van der Waals surface area contributed by atoms with Gasteiger partial charge in [0.15, 0.2) is 0 Å². The number of anilines is 3. The van der Waals surface area contributed by atoms with Gasteiger partial charge in [0.1, 0.15) is 0 Å². The van der Waals surface area contributed by atoms with Crippen molar-refractivity contribution in [3.8, 4) is 0 Å². The van der Waals surface area contributed by atoms with Crippen molar-refractivity contribution in [3.63, 3.8) is 0 Å². The number of aliphatic hydroxyl groups excluding tert-OH is 1. The van der Waals surface area contributed by atoms with Crippen LogP contribution in [0.1, 0.15) is 6.42 Å². The first kappa shape index (κ1) is 19.5. The third-order valence-electron chi connectivity index (χ3n) is 3.97. The molecule has 1 atom stereocenters. The Hall–Kier alpha value is -1.80. The predicted octanol–water partition coefficient (Wildman–Crippen LogP) is 2.28. The van der Waals surface area contributed by atoms with Gasteiger partial charge in [0.05, 0.1) is 23.2 Å². The van der Waals surface area contributed by atoms with Crippen molar-refractivity contribution in [2.75, 3.05) is 28.7 Å². The van der Waals surface area contributed by atoms with E-state index >= 15 is 0 Å². The highest BCUT2D eigenvalue weighted by Gasteiger charge is 2.40. The van der Waals surface area contributed by atoms with E-state index in [9.17, 15) is 13.5 Å². The number of rotatable bonds is 6. The zero-order valence-electron chi connectivity index (χ0n) is 13.9. The Bertz CT molecular complexity index is 802. The lowest BCUT2D eigenvalue weighted by molar-refractivity contribution is 0.167. The van der Waals surface area contributed by atoms with Gasteiger partial charge in [0.2, 0.25) is 0 Å². The molecule has 0 saturated heterocycles. The van der Waals surface area contributed by atoms with E-state index in [0.29, 0.717) is 30.0 Å². The van der Waals surface area contributed by atoms with Crippen molar-refractivity contribution in [1.29, 1.82) is 0 Å². The fourth-order valence-corrected chi connectivity index (χ4v) is 4.60. The van der Waals surface area contributed by atoms with Crippen LogP contribution in [0.25, 0.3) is 0 Å². The molecule has 6 nitrogen and oxygen atoms in total. The molecular formula is C17H22ClN3O3S. The molecule has 0 saturated carbocycles. The summed E-state index contributed by atoms with van der Waals surface area (Å²) in [6, 6.07) is 16.2. The summed E-state index contributed by atoms with van der Waals surface area (Å²) in [6.45, 7) is 0.656. The van der Waals surface area contributed by atoms with E-state index in [2.05, 4.69) is 5.32 Å². The Labute approximate surface area is 154 Å². The van der Waals surface area contributed by atoms with Crippen LogP contribution in [-0.2, 0) is 10.2 Å². The van der Waals surface area contributed by atoms with Crippen LogP contribution in [0.4, 0.5) is 17.1 Å². The zero-order valence-corrected chi connectivity index (χ0v) is 15.5. The summed E-state index contributed by atoms with van der Waals surface area (Å²) in [5.41, 5.74) is 1.87. The topological polar surface area (TPSA) is 72.9 Å². The highest BCUT2D eigenvalue weighted by Crippen LogP contribution is 2.44. The van der Waals surface area contributed by atoms with Crippen LogP contribution in [0.15, 0.2) is 54.6 Å². The summed E-state index contributed by atoms with van der Waals surface area (Å²) in [5.74, 6) is 0. The SMILES string of the molecule is CNCC(O)CCN1c2ccccc2N(c2ccccc2)S1(=O)=O.Cl.